The Kier molecular flexibility index (Phi) is 6.49. The highest BCUT2D eigenvalue weighted by molar-refractivity contribution is 6.01. The van der Waals surface area contributed by atoms with Crippen molar-refractivity contribution in [3.8, 4) is 5.75 Å². The third-order valence-electron chi connectivity index (χ3n) is 6.21. The molecule has 5 rings (SSSR count). The number of fused-ring (bicyclic) bond motifs is 1. The first-order valence-electron chi connectivity index (χ1n) is 11.7. The maximum absolute atomic E-state index is 13.6. The molecule has 1 aliphatic heterocycles. The number of aryl methyl sites for hydroxylation is 1. The number of hydrogen-bond donors (Lipinski definition) is 2. The van der Waals surface area contributed by atoms with E-state index >= 15 is 0 Å². The average Bonchev–Trinajstić information content (AvgIpc) is 3.30. The predicted octanol–water partition coefficient (Wildman–Crippen LogP) is 5.53. The summed E-state index contributed by atoms with van der Waals surface area (Å²) in [4.78, 5) is 17.2. The van der Waals surface area contributed by atoms with Crippen molar-refractivity contribution in [1.82, 2.24) is 14.8 Å². The summed E-state index contributed by atoms with van der Waals surface area (Å²) >= 11 is 0. The van der Waals surface area contributed by atoms with E-state index in [0.717, 1.165) is 16.7 Å². The minimum atomic E-state index is -0.364. The van der Waals surface area contributed by atoms with Gasteiger partial charge in [-0.2, -0.15) is 4.98 Å². The molecule has 2 N–H and O–H groups in total. The first kappa shape index (κ1) is 23.3. The first-order valence-corrected chi connectivity index (χ1v) is 11.7. The maximum atomic E-state index is 13.6. The summed E-state index contributed by atoms with van der Waals surface area (Å²) in [5.74, 6) is 0.730. The van der Waals surface area contributed by atoms with Crippen LogP contribution in [0.25, 0.3) is 6.08 Å². The molecule has 7 nitrogen and oxygen atoms in total. The molecular weight excluding hydrogens is 457 g/mol. The number of hydrogen-bond acceptors (Lipinski definition) is 5. The molecule has 8 heteroatoms. The van der Waals surface area contributed by atoms with E-state index in [4.69, 9.17) is 4.74 Å². The number of nitrogens with one attached hydrogen (secondary N) is 2. The molecule has 1 amide bonds. The average molecular weight is 484 g/mol. The first-order chi connectivity index (χ1) is 17.5. The Morgan fingerprint density at radius 1 is 1.08 bits per heavy atom. The van der Waals surface area contributed by atoms with E-state index in [1.54, 1.807) is 30.0 Å². The third kappa shape index (κ3) is 4.98. The Hall–Kier alpha value is -4.46. The van der Waals surface area contributed by atoms with Crippen molar-refractivity contribution >= 4 is 23.9 Å². The smallest absolute Gasteiger partial charge is 0.250 e. The molecule has 1 aliphatic rings. The summed E-state index contributed by atoms with van der Waals surface area (Å²) in [6.07, 6.45) is 3.78. The topological polar surface area (TPSA) is 81.1 Å². The van der Waals surface area contributed by atoms with Crippen LogP contribution in [0.2, 0.25) is 0 Å². The molecule has 36 heavy (non-hydrogen) atoms. The fourth-order valence-corrected chi connectivity index (χ4v) is 4.33. The minimum Gasteiger partial charge on any atom is -0.496 e. The molecular formula is C28H26FN5O2. The van der Waals surface area contributed by atoms with Crippen LogP contribution in [0.15, 0.2) is 78.9 Å². The summed E-state index contributed by atoms with van der Waals surface area (Å²) in [7, 11) is 1.58. The van der Waals surface area contributed by atoms with Crippen LogP contribution in [0.4, 0.5) is 16.3 Å². The Labute approximate surface area is 208 Å². The van der Waals surface area contributed by atoms with Gasteiger partial charge in [-0.15, -0.1) is 5.10 Å². The highest BCUT2D eigenvalue weighted by atomic mass is 19.1. The van der Waals surface area contributed by atoms with Gasteiger partial charge in [0.05, 0.1) is 19.2 Å². The molecule has 4 aromatic rings. The number of rotatable bonds is 6. The number of anilines is 2. The van der Waals surface area contributed by atoms with Gasteiger partial charge >= 0.3 is 0 Å². The fourth-order valence-electron chi connectivity index (χ4n) is 4.33. The van der Waals surface area contributed by atoms with Gasteiger partial charge in [-0.1, -0.05) is 60.2 Å². The van der Waals surface area contributed by atoms with E-state index in [0.29, 0.717) is 18.1 Å². The number of ether oxygens (including phenoxy) is 1. The molecule has 0 saturated heterocycles. The van der Waals surface area contributed by atoms with Crippen LogP contribution in [-0.2, 0) is 4.79 Å². The standard InChI is InChI=1S/C28H26FN5O2/c1-18-7-9-19(10-8-18)23-17-24(20-11-14-22(29)15-12-20)34-28(30-23)32-27(33-34)31-26(35)16-13-21-5-3-4-6-25(21)36-2/h3-16,23-24H,17H2,1-2H3,(H2,30,31,32,33,35)/b16-13+/t23-,24-/m0/s1. The molecule has 2 heterocycles. The number of carbonyl (C=O) groups is 1. The summed E-state index contributed by atoms with van der Waals surface area (Å²) < 4.78 is 20.7. The van der Waals surface area contributed by atoms with Crippen LogP contribution in [0.3, 0.4) is 0 Å². The largest absolute Gasteiger partial charge is 0.496 e. The van der Waals surface area contributed by atoms with Gasteiger partial charge in [0, 0.05) is 11.6 Å². The molecule has 0 fully saturated rings. The Bertz CT molecular complexity index is 1400. The lowest BCUT2D eigenvalue weighted by atomic mass is 9.93. The van der Waals surface area contributed by atoms with Gasteiger partial charge in [0.15, 0.2) is 0 Å². The van der Waals surface area contributed by atoms with E-state index in [1.807, 2.05) is 31.2 Å². The minimum absolute atomic E-state index is 0.0219. The summed E-state index contributed by atoms with van der Waals surface area (Å²) in [5.41, 5.74) is 3.99. The predicted molar refractivity (Wildman–Crippen MR) is 137 cm³/mol. The number of carbonyl (C=O) groups excluding carboxylic acids is 1. The van der Waals surface area contributed by atoms with Crippen molar-refractivity contribution in [2.45, 2.75) is 25.4 Å². The monoisotopic (exact) mass is 483 g/mol. The SMILES string of the molecule is COc1ccccc1/C=C/C(=O)Nc1nc2n(n1)[C@H](c1ccc(F)cc1)C[C@@H](c1ccc(C)cc1)N2. The van der Waals surface area contributed by atoms with E-state index in [-0.39, 0.29) is 29.8 Å². The number of amides is 1. The number of halogens is 1. The van der Waals surface area contributed by atoms with Crippen molar-refractivity contribution in [1.29, 1.82) is 0 Å². The second kappa shape index (κ2) is 10.0. The molecule has 1 aromatic heterocycles. The highest BCUT2D eigenvalue weighted by Gasteiger charge is 2.31. The zero-order valence-electron chi connectivity index (χ0n) is 20.0. The molecule has 0 aliphatic carbocycles. The Morgan fingerprint density at radius 2 is 1.81 bits per heavy atom. The van der Waals surface area contributed by atoms with Crippen LogP contribution >= 0.6 is 0 Å². The van der Waals surface area contributed by atoms with Crippen LogP contribution < -0.4 is 15.4 Å². The second-order valence-electron chi connectivity index (χ2n) is 8.68. The summed E-state index contributed by atoms with van der Waals surface area (Å²) in [5, 5.41) is 10.7. The van der Waals surface area contributed by atoms with E-state index in [9.17, 15) is 9.18 Å². The number of methoxy groups -OCH3 is 1. The quantitative estimate of drug-likeness (QED) is 0.352. The molecule has 0 unspecified atom stereocenters. The van der Waals surface area contributed by atoms with Gasteiger partial charge in [0.25, 0.3) is 11.9 Å². The lowest BCUT2D eigenvalue weighted by Crippen LogP contribution is -2.28. The molecule has 2 atom stereocenters. The van der Waals surface area contributed by atoms with Gasteiger partial charge in [-0.3, -0.25) is 10.1 Å². The van der Waals surface area contributed by atoms with E-state index < -0.39 is 0 Å². The molecule has 0 spiro atoms. The molecule has 0 saturated carbocycles. The van der Waals surface area contributed by atoms with E-state index in [1.165, 1.54) is 23.8 Å². The van der Waals surface area contributed by atoms with Gasteiger partial charge in [0.2, 0.25) is 5.95 Å². The van der Waals surface area contributed by atoms with Crippen LogP contribution in [-0.4, -0.2) is 27.8 Å². The van der Waals surface area contributed by atoms with Crippen molar-refractivity contribution in [3.63, 3.8) is 0 Å². The van der Waals surface area contributed by atoms with Gasteiger partial charge in [-0.25, -0.2) is 9.07 Å². The zero-order chi connectivity index (χ0) is 25.1. The summed E-state index contributed by atoms with van der Waals surface area (Å²) in [6, 6.07) is 22.0. The normalized spacial score (nSPS) is 16.9. The lowest BCUT2D eigenvalue weighted by Gasteiger charge is -2.31. The van der Waals surface area contributed by atoms with E-state index in [2.05, 4.69) is 45.0 Å². The Balaban J connectivity index is 1.41. The number of para-hydroxylation sites is 1. The third-order valence-corrected chi connectivity index (χ3v) is 6.21. The van der Waals surface area contributed by atoms with Crippen molar-refractivity contribution in [2.75, 3.05) is 17.7 Å². The van der Waals surface area contributed by atoms with Gasteiger partial charge in [-0.05, 0) is 48.7 Å². The second-order valence-corrected chi connectivity index (χ2v) is 8.68. The Morgan fingerprint density at radius 3 is 2.56 bits per heavy atom. The number of benzene rings is 3. The highest BCUT2D eigenvalue weighted by Crippen LogP contribution is 2.38. The van der Waals surface area contributed by atoms with Crippen LogP contribution in [0.1, 0.15) is 40.8 Å². The molecule has 0 bridgehead atoms. The maximum Gasteiger partial charge on any atom is 0.250 e. The van der Waals surface area contributed by atoms with Gasteiger partial charge in [0.1, 0.15) is 11.6 Å². The fraction of sp³-hybridized carbons (Fsp3) is 0.179. The number of nitrogens with zero attached hydrogens (tertiary/aromatic N) is 3. The summed E-state index contributed by atoms with van der Waals surface area (Å²) in [6.45, 7) is 2.05. The number of aromatic nitrogens is 3. The lowest BCUT2D eigenvalue weighted by molar-refractivity contribution is -0.111. The van der Waals surface area contributed by atoms with Crippen molar-refractivity contribution < 1.29 is 13.9 Å². The van der Waals surface area contributed by atoms with Crippen molar-refractivity contribution in [3.05, 3.63) is 107 Å². The molecule has 182 valence electrons. The zero-order valence-corrected chi connectivity index (χ0v) is 20.0. The van der Waals surface area contributed by atoms with Crippen LogP contribution in [0, 0.1) is 12.7 Å². The van der Waals surface area contributed by atoms with Crippen LogP contribution in [0.5, 0.6) is 5.75 Å². The van der Waals surface area contributed by atoms with Gasteiger partial charge < -0.3 is 10.1 Å². The molecule has 3 aromatic carbocycles. The molecule has 0 radical (unpaired) electrons. The van der Waals surface area contributed by atoms with Crippen molar-refractivity contribution in [2.24, 2.45) is 0 Å².